The zero-order chi connectivity index (χ0) is 26.9. The molecule has 0 unspecified atom stereocenters. The summed E-state index contributed by atoms with van der Waals surface area (Å²) in [6, 6.07) is 13.6. The van der Waals surface area contributed by atoms with Crippen molar-refractivity contribution >= 4 is 0 Å². The minimum Gasteiger partial charge on any atom is -0.423 e. The third-order valence-corrected chi connectivity index (χ3v) is 5.95. The lowest BCUT2D eigenvalue weighted by Crippen LogP contribution is -2.24. The molecule has 0 saturated heterocycles. The van der Waals surface area contributed by atoms with E-state index in [0.29, 0.717) is 29.8 Å². The van der Waals surface area contributed by atoms with E-state index in [0.717, 1.165) is 30.9 Å². The summed E-state index contributed by atoms with van der Waals surface area (Å²) in [5, 5.41) is 0. The predicted octanol–water partition coefficient (Wildman–Crippen LogP) is 9.11. The highest BCUT2D eigenvalue weighted by Crippen LogP contribution is 2.38. The van der Waals surface area contributed by atoms with Crippen molar-refractivity contribution in [2.24, 2.45) is 0 Å². The van der Waals surface area contributed by atoms with Crippen molar-refractivity contribution in [3.8, 4) is 28.0 Å². The molecule has 0 N–H and O–H groups in total. The topological polar surface area (TPSA) is 9.23 Å². The summed E-state index contributed by atoms with van der Waals surface area (Å²) in [6.07, 6.45) is -2.56. The van der Waals surface area contributed by atoms with Gasteiger partial charge >= 0.3 is 6.11 Å². The SMILES string of the molecule is CCCc1ccc(-c2ccc(-c3cc(F)c(OC(F)(F)c4cc(F)c(C)c(F)c4)c(F)c3)c(F)c2)cc1. The van der Waals surface area contributed by atoms with E-state index in [2.05, 4.69) is 11.7 Å². The molecule has 4 aromatic carbocycles. The van der Waals surface area contributed by atoms with Crippen LogP contribution in [0, 0.1) is 36.0 Å². The van der Waals surface area contributed by atoms with Crippen LogP contribution in [0.25, 0.3) is 22.3 Å². The van der Waals surface area contributed by atoms with Gasteiger partial charge in [0.15, 0.2) is 17.4 Å². The monoisotopic (exact) mass is 518 g/mol. The molecule has 0 saturated carbocycles. The van der Waals surface area contributed by atoms with Crippen LogP contribution < -0.4 is 4.74 Å². The van der Waals surface area contributed by atoms with E-state index in [9.17, 15) is 30.7 Å². The molecule has 4 aromatic rings. The molecule has 0 aliphatic heterocycles. The fourth-order valence-electron chi connectivity index (χ4n) is 3.89. The fraction of sp³-hybridized carbons (Fsp3) is 0.172. The summed E-state index contributed by atoms with van der Waals surface area (Å²) in [4.78, 5) is 0. The Bertz CT molecular complexity index is 1400. The maximum atomic E-state index is 14.9. The number of rotatable bonds is 7. The van der Waals surface area contributed by atoms with Crippen LogP contribution in [0.1, 0.15) is 30.0 Å². The third-order valence-electron chi connectivity index (χ3n) is 5.95. The van der Waals surface area contributed by atoms with Gasteiger partial charge in [-0.05, 0) is 65.9 Å². The number of benzene rings is 4. The number of alkyl halides is 2. The molecule has 0 radical (unpaired) electrons. The van der Waals surface area contributed by atoms with Gasteiger partial charge in [0.05, 0.1) is 5.56 Å². The van der Waals surface area contributed by atoms with Crippen LogP contribution in [0.5, 0.6) is 5.75 Å². The van der Waals surface area contributed by atoms with Crippen molar-refractivity contribution in [1.82, 2.24) is 0 Å². The van der Waals surface area contributed by atoms with Gasteiger partial charge in [-0.1, -0.05) is 49.7 Å². The second-order valence-electron chi connectivity index (χ2n) is 8.59. The van der Waals surface area contributed by atoms with Gasteiger partial charge in [-0.2, -0.15) is 8.78 Å². The Morgan fingerprint density at radius 3 is 1.73 bits per heavy atom. The lowest BCUT2D eigenvalue weighted by Gasteiger charge is -2.20. The quantitative estimate of drug-likeness (QED) is 0.222. The largest absolute Gasteiger partial charge is 0.427 e. The number of halogens is 7. The molecule has 0 bridgehead atoms. The van der Waals surface area contributed by atoms with E-state index < -0.39 is 52.1 Å². The average Bonchev–Trinajstić information content (AvgIpc) is 2.85. The molecule has 4 rings (SSSR count). The summed E-state index contributed by atoms with van der Waals surface area (Å²) >= 11 is 0. The second-order valence-corrected chi connectivity index (χ2v) is 8.59. The summed E-state index contributed by atoms with van der Waals surface area (Å²) < 4.78 is 105. The highest BCUT2D eigenvalue weighted by atomic mass is 19.3. The van der Waals surface area contributed by atoms with Crippen molar-refractivity contribution in [1.29, 1.82) is 0 Å². The van der Waals surface area contributed by atoms with Crippen molar-refractivity contribution in [3.63, 3.8) is 0 Å². The van der Waals surface area contributed by atoms with Crippen molar-refractivity contribution in [2.45, 2.75) is 32.8 Å². The van der Waals surface area contributed by atoms with Crippen LogP contribution in [-0.4, -0.2) is 0 Å². The Hall–Kier alpha value is -3.81. The molecule has 0 aliphatic carbocycles. The lowest BCUT2D eigenvalue weighted by molar-refractivity contribution is -0.188. The van der Waals surface area contributed by atoms with E-state index in [-0.39, 0.29) is 11.1 Å². The van der Waals surface area contributed by atoms with Gasteiger partial charge in [-0.15, -0.1) is 0 Å². The molecular weight excluding hydrogens is 497 g/mol. The van der Waals surface area contributed by atoms with Crippen LogP contribution in [-0.2, 0) is 12.5 Å². The van der Waals surface area contributed by atoms with E-state index >= 15 is 0 Å². The van der Waals surface area contributed by atoms with Gasteiger partial charge < -0.3 is 4.74 Å². The molecule has 0 fully saturated rings. The molecular formula is C29H21F7O. The maximum Gasteiger partial charge on any atom is 0.427 e. The van der Waals surface area contributed by atoms with Crippen molar-refractivity contribution < 1.29 is 35.5 Å². The first kappa shape index (κ1) is 26.3. The van der Waals surface area contributed by atoms with E-state index in [1.807, 2.05) is 24.3 Å². The summed E-state index contributed by atoms with van der Waals surface area (Å²) in [7, 11) is 0. The molecule has 1 nitrogen and oxygen atoms in total. The minimum atomic E-state index is -4.46. The first-order valence-corrected chi connectivity index (χ1v) is 11.4. The van der Waals surface area contributed by atoms with Crippen LogP contribution in [0.4, 0.5) is 30.7 Å². The summed E-state index contributed by atoms with van der Waals surface area (Å²) in [5.74, 6) is -7.89. The van der Waals surface area contributed by atoms with E-state index in [4.69, 9.17) is 0 Å². The zero-order valence-electron chi connectivity index (χ0n) is 19.8. The van der Waals surface area contributed by atoms with Gasteiger partial charge in [0.25, 0.3) is 0 Å². The van der Waals surface area contributed by atoms with Gasteiger partial charge in [-0.3, -0.25) is 0 Å². The highest BCUT2D eigenvalue weighted by molar-refractivity contribution is 5.71. The fourth-order valence-corrected chi connectivity index (χ4v) is 3.89. The molecule has 0 aliphatic rings. The lowest BCUT2D eigenvalue weighted by atomic mass is 9.98. The molecule has 0 atom stereocenters. The molecule has 0 heterocycles. The Morgan fingerprint density at radius 1 is 0.649 bits per heavy atom. The Kier molecular flexibility index (Phi) is 7.30. The summed E-state index contributed by atoms with van der Waals surface area (Å²) in [6.45, 7) is 3.10. The molecule has 0 spiro atoms. The van der Waals surface area contributed by atoms with E-state index in [1.165, 1.54) is 12.1 Å². The number of ether oxygens (including phenoxy) is 1. The maximum absolute atomic E-state index is 14.9. The molecule has 0 aromatic heterocycles. The molecule has 192 valence electrons. The van der Waals surface area contributed by atoms with Crippen LogP contribution in [0.2, 0.25) is 0 Å². The first-order valence-electron chi connectivity index (χ1n) is 11.4. The van der Waals surface area contributed by atoms with Gasteiger partial charge in [0.1, 0.15) is 17.5 Å². The highest BCUT2D eigenvalue weighted by Gasteiger charge is 2.38. The van der Waals surface area contributed by atoms with Gasteiger partial charge in [0.2, 0.25) is 0 Å². The third kappa shape index (κ3) is 5.48. The molecule has 37 heavy (non-hydrogen) atoms. The number of aryl methyl sites for hydroxylation is 1. The van der Waals surface area contributed by atoms with Gasteiger partial charge in [0, 0.05) is 11.1 Å². The molecule has 0 amide bonds. The van der Waals surface area contributed by atoms with Crippen molar-refractivity contribution in [3.05, 3.63) is 113 Å². The Labute approximate surface area is 209 Å². The van der Waals surface area contributed by atoms with Crippen LogP contribution in [0.15, 0.2) is 66.7 Å². The number of hydrogen-bond acceptors (Lipinski definition) is 1. The normalized spacial score (nSPS) is 11.6. The van der Waals surface area contributed by atoms with E-state index in [1.54, 1.807) is 6.07 Å². The minimum absolute atomic E-state index is 0.162. The Balaban J connectivity index is 1.62. The molecule has 8 heteroatoms. The Morgan fingerprint density at radius 2 is 1.19 bits per heavy atom. The number of hydrogen-bond donors (Lipinski definition) is 0. The summed E-state index contributed by atoms with van der Waals surface area (Å²) in [5.41, 5.74) is 0.258. The van der Waals surface area contributed by atoms with Crippen LogP contribution >= 0.6 is 0 Å². The average molecular weight is 518 g/mol. The first-order chi connectivity index (χ1) is 17.5. The zero-order valence-corrected chi connectivity index (χ0v) is 19.8. The second kappa shape index (κ2) is 10.3. The predicted molar refractivity (Wildman–Crippen MR) is 127 cm³/mol. The van der Waals surface area contributed by atoms with Crippen molar-refractivity contribution in [2.75, 3.05) is 0 Å². The van der Waals surface area contributed by atoms with Gasteiger partial charge in [-0.25, -0.2) is 22.0 Å². The van der Waals surface area contributed by atoms with Crippen LogP contribution in [0.3, 0.4) is 0 Å². The standard InChI is InChI=1S/C29H21F7O/c1-3-4-17-5-7-18(8-6-17)19-9-10-22(25(32)11-19)20-12-26(33)28(27(34)13-20)37-29(35,36)21-14-23(30)16(2)24(31)15-21/h5-15H,3-4H2,1-2H3. The smallest absolute Gasteiger partial charge is 0.423 e.